The Morgan fingerprint density at radius 1 is 1.44 bits per heavy atom. The highest BCUT2D eigenvalue weighted by Crippen LogP contribution is 2.69. The first-order chi connectivity index (χ1) is 8.75. The van der Waals surface area contributed by atoms with Gasteiger partial charge in [-0.1, -0.05) is 0 Å². The van der Waals surface area contributed by atoms with E-state index in [-0.39, 0.29) is 5.91 Å². The van der Waals surface area contributed by atoms with E-state index in [0.29, 0.717) is 12.5 Å². The summed E-state index contributed by atoms with van der Waals surface area (Å²) in [4.78, 5) is 12.2. The molecule has 4 nitrogen and oxygen atoms in total. The molecule has 1 heterocycles. The third-order valence-corrected chi connectivity index (χ3v) is 5.43. The van der Waals surface area contributed by atoms with Crippen molar-refractivity contribution in [2.45, 2.75) is 32.7 Å². The van der Waals surface area contributed by atoms with Gasteiger partial charge in [-0.15, -0.1) is 0 Å². The maximum Gasteiger partial charge on any atom is 0.223 e. The van der Waals surface area contributed by atoms with Crippen molar-refractivity contribution in [2.24, 2.45) is 29.6 Å². The van der Waals surface area contributed by atoms with Gasteiger partial charge in [0.25, 0.3) is 0 Å². The van der Waals surface area contributed by atoms with Crippen molar-refractivity contribution in [3.8, 4) is 0 Å². The standard InChI is InChI=1S/C14H19N3O/c1-7-10(6-16-17-7)5-15-14(18)13-11-8-2-3-9(4-8)12(11)13/h6,8-9,11-13H,2-5H2,1H3,(H,15,18)(H,16,17). The fourth-order valence-electron chi connectivity index (χ4n) is 4.53. The summed E-state index contributed by atoms with van der Waals surface area (Å²) in [5, 5.41) is 9.96. The van der Waals surface area contributed by atoms with E-state index in [0.717, 1.165) is 34.9 Å². The molecule has 3 aliphatic carbocycles. The zero-order valence-corrected chi connectivity index (χ0v) is 10.6. The summed E-state index contributed by atoms with van der Waals surface area (Å²) in [6, 6.07) is 0. The number of nitrogens with one attached hydrogen (secondary N) is 2. The third kappa shape index (κ3) is 1.38. The minimum absolute atomic E-state index is 0.280. The van der Waals surface area contributed by atoms with Crippen molar-refractivity contribution in [3.63, 3.8) is 0 Å². The first kappa shape index (κ1) is 10.6. The van der Waals surface area contributed by atoms with Gasteiger partial charge >= 0.3 is 0 Å². The maximum absolute atomic E-state index is 12.2. The molecule has 0 spiro atoms. The van der Waals surface area contributed by atoms with Crippen molar-refractivity contribution in [3.05, 3.63) is 17.5 Å². The van der Waals surface area contributed by atoms with Crippen LogP contribution < -0.4 is 5.32 Å². The van der Waals surface area contributed by atoms with Gasteiger partial charge in [0.15, 0.2) is 0 Å². The Hall–Kier alpha value is -1.32. The Balaban J connectivity index is 1.37. The van der Waals surface area contributed by atoms with Crippen LogP contribution >= 0.6 is 0 Å². The van der Waals surface area contributed by atoms with Crippen LogP contribution in [0.15, 0.2) is 6.20 Å². The molecular formula is C14H19N3O. The number of aryl methyl sites for hydroxylation is 1. The summed E-state index contributed by atoms with van der Waals surface area (Å²) in [6.07, 6.45) is 5.94. The highest BCUT2D eigenvalue weighted by atomic mass is 16.2. The Labute approximate surface area is 107 Å². The van der Waals surface area contributed by atoms with Crippen molar-refractivity contribution >= 4 is 5.91 Å². The SMILES string of the molecule is Cc1[nH]ncc1CNC(=O)C1C2C3CCC(C3)C12. The Bertz CT molecular complexity index is 479. The molecule has 1 aromatic heterocycles. The first-order valence-corrected chi connectivity index (χ1v) is 7.02. The van der Waals surface area contributed by atoms with E-state index in [1.165, 1.54) is 19.3 Å². The average Bonchev–Trinajstić information content (AvgIpc) is 2.69. The van der Waals surface area contributed by atoms with E-state index in [4.69, 9.17) is 0 Å². The van der Waals surface area contributed by atoms with Gasteiger partial charge in [0.2, 0.25) is 5.91 Å². The van der Waals surface area contributed by atoms with Crippen LogP contribution in [0.5, 0.6) is 0 Å². The summed E-state index contributed by atoms with van der Waals surface area (Å²) in [7, 11) is 0. The maximum atomic E-state index is 12.2. The van der Waals surface area contributed by atoms with Crippen molar-refractivity contribution in [1.82, 2.24) is 15.5 Å². The van der Waals surface area contributed by atoms with Gasteiger partial charge in [-0.3, -0.25) is 9.89 Å². The monoisotopic (exact) mass is 245 g/mol. The second-order valence-corrected chi connectivity index (χ2v) is 6.25. The number of amides is 1. The molecular weight excluding hydrogens is 226 g/mol. The van der Waals surface area contributed by atoms with E-state index in [1.807, 2.05) is 6.92 Å². The highest BCUT2D eigenvalue weighted by molar-refractivity contribution is 5.82. The van der Waals surface area contributed by atoms with E-state index < -0.39 is 0 Å². The highest BCUT2D eigenvalue weighted by Gasteiger charge is 2.67. The number of nitrogens with zero attached hydrogens (tertiary/aromatic N) is 1. The molecule has 0 aliphatic heterocycles. The quantitative estimate of drug-likeness (QED) is 0.850. The van der Waals surface area contributed by atoms with Crippen LogP contribution in [0.4, 0.5) is 0 Å². The molecule has 2 bridgehead atoms. The molecule has 96 valence electrons. The van der Waals surface area contributed by atoms with E-state index in [2.05, 4.69) is 15.5 Å². The van der Waals surface area contributed by atoms with Crippen molar-refractivity contribution in [1.29, 1.82) is 0 Å². The van der Waals surface area contributed by atoms with Gasteiger partial charge < -0.3 is 5.32 Å². The number of carbonyl (C=O) groups excluding carboxylic acids is 1. The summed E-state index contributed by atoms with van der Waals surface area (Å²) in [5.41, 5.74) is 2.14. The van der Waals surface area contributed by atoms with Crippen LogP contribution in [0.1, 0.15) is 30.5 Å². The number of carbonyl (C=O) groups is 1. The summed E-state index contributed by atoms with van der Waals surface area (Å²) in [6.45, 7) is 2.60. The summed E-state index contributed by atoms with van der Waals surface area (Å²) in [5.74, 6) is 3.81. The topological polar surface area (TPSA) is 57.8 Å². The van der Waals surface area contributed by atoms with E-state index in [9.17, 15) is 4.79 Å². The van der Waals surface area contributed by atoms with E-state index >= 15 is 0 Å². The van der Waals surface area contributed by atoms with Crippen LogP contribution in [0.2, 0.25) is 0 Å². The van der Waals surface area contributed by atoms with Crippen molar-refractivity contribution in [2.75, 3.05) is 0 Å². The molecule has 0 radical (unpaired) electrons. The molecule has 3 aliphatic rings. The fourth-order valence-corrected chi connectivity index (χ4v) is 4.53. The molecule has 3 saturated carbocycles. The smallest absolute Gasteiger partial charge is 0.223 e. The molecule has 3 fully saturated rings. The molecule has 4 heteroatoms. The second-order valence-electron chi connectivity index (χ2n) is 6.25. The number of aromatic amines is 1. The van der Waals surface area contributed by atoms with Gasteiger partial charge in [0.1, 0.15) is 0 Å². The van der Waals surface area contributed by atoms with Crippen LogP contribution in [0.25, 0.3) is 0 Å². The lowest BCUT2D eigenvalue weighted by Gasteiger charge is -2.09. The molecule has 4 atom stereocenters. The van der Waals surface area contributed by atoms with Gasteiger partial charge in [0.05, 0.1) is 6.20 Å². The van der Waals surface area contributed by atoms with E-state index in [1.54, 1.807) is 6.20 Å². The minimum Gasteiger partial charge on any atom is -0.352 e. The molecule has 1 amide bonds. The second kappa shape index (κ2) is 3.59. The lowest BCUT2D eigenvalue weighted by atomic mass is 10.0. The Morgan fingerprint density at radius 2 is 2.17 bits per heavy atom. The largest absolute Gasteiger partial charge is 0.352 e. The number of hydrogen-bond acceptors (Lipinski definition) is 2. The van der Waals surface area contributed by atoms with Crippen LogP contribution in [0.3, 0.4) is 0 Å². The number of rotatable bonds is 3. The lowest BCUT2D eigenvalue weighted by Crippen LogP contribution is -2.27. The first-order valence-electron chi connectivity index (χ1n) is 7.02. The average molecular weight is 245 g/mol. The number of fused-ring (bicyclic) bond motifs is 5. The molecule has 0 aromatic carbocycles. The normalized spacial score (nSPS) is 39.7. The molecule has 1 aromatic rings. The number of hydrogen-bond donors (Lipinski definition) is 2. The Morgan fingerprint density at radius 3 is 2.78 bits per heavy atom. The van der Waals surface area contributed by atoms with Gasteiger partial charge in [0, 0.05) is 23.7 Å². The third-order valence-electron chi connectivity index (χ3n) is 5.43. The Kier molecular flexibility index (Phi) is 2.11. The van der Waals surface area contributed by atoms with Crippen LogP contribution in [-0.2, 0) is 11.3 Å². The molecule has 4 rings (SSSR count). The molecule has 2 N–H and O–H groups in total. The van der Waals surface area contributed by atoms with Gasteiger partial charge in [-0.25, -0.2) is 0 Å². The zero-order valence-electron chi connectivity index (χ0n) is 10.6. The van der Waals surface area contributed by atoms with Gasteiger partial charge in [-0.05, 0) is 49.9 Å². The zero-order chi connectivity index (χ0) is 12.3. The summed E-state index contributed by atoms with van der Waals surface area (Å²) < 4.78 is 0. The van der Waals surface area contributed by atoms with Crippen LogP contribution in [-0.4, -0.2) is 16.1 Å². The molecule has 4 unspecified atom stereocenters. The predicted molar refractivity (Wildman–Crippen MR) is 66.5 cm³/mol. The van der Waals surface area contributed by atoms with Crippen LogP contribution in [0, 0.1) is 36.5 Å². The summed E-state index contributed by atoms with van der Waals surface area (Å²) >= 11 is 0. The molecule has 0 saturated heterocycles. The molecule has 18 heavy (non-hydrogen) atoms. The van der Waals surface area contributed by atoms with Gasteiger partial charge in [-0.2, -0.15) is 5.10 Å². The lowest BCUT2D eigenvalue weighted by molar-refractivity contribution is -0.123. The minimum atomic E-state index is 0.280. The predicted octanol–water partition coefficient (Wildman–Crippen LogP) is 1.63. The fraction of sp³-hybridized carbons (Fsp3) is 0.714. The number of aromatic nitrogens is 2. The van der Waals surface area contributed by atoms with Crippen molar-refractivity contribution < 1.29 is 4.79 Å². The number of H-pyrrole nitrogens is 1.